The highest BCUT2D eigenvalue weighted by atomic mass is 15.3. The number of hydrogen-bond donors (Lipinski definition) is 1. The topological polar surface area (TPSA) is 55.6 Å². The predicted molar refractivity (Wildman–Crippen MR) is 50.6 cm³/mol. The van der Waals surface area contributed by atoms with Gasteiger partial charge in [-0.05, 0) is 6.92 Å². The summed E-state index contributed by atoms with van der Waals surface area (Å²) in [4.78, 5) is 0. The fraction of sp³-hybridized carbons (Fsp3) is 0.375. The third-order valence-electron chi connectivity index (χ3n) is 2.07. The van der Waals surface area contributed by atoms with Crippen LogP contribution in [0.5, 0.6) is 0 Å². The first-order valence-corrected chi connectivity index (χ1v) is 4.06. The lowest BCUT2D eigenvalue weighted by Crippen LogP contribution is -1.95. The van der Waals surface area contributed by atoms with Crippen molar-refractivity contribution < 1.29 is 0 Å². The van der Waals surface area contributed by atoms with Crippen molar-refractivity contribution in [2.75, 3.05) is 12.4 Å². The van der Waals surface area contributed by atoms with E-state index in [-0.39, 0.29) is 0 Å². The summed E-state index contributed by atoms with van der Waals surface area (Å²) in [6, 6.07) is 0. The summed E-state index contributed by atoms with van der Waals surface area (Å²) in [5.41, 5.74) is 2.75. The Balaban J connectivity index is 2.88. The Morgan fingerprint density at radius 3 is 2.92 bits per heavy atom. The molecule has 0 aliphatic heterocycles. The van der Waals surface area contributed by atoms with Gasteiger partial charge in [-0.25, -0.2) is 4.68 Å². The number of rotatable bonds is 1. The van der Waals surface area contributed by atoms with E-state index in [0.29, 0.717) is 0 Å². The van der Waals surface area contributed by atoms with E-state index in [1.807, 2.05) is 21.0 Å². The molecule has 5 nitrogen and oxygen atoms in total. The molecule has 0 aliphatic carbocycles. The van der Waals surface area contributed by atoms with Crippen LogP contribution in [0.3, 0.4) is 0 Å². The molecule has 0 fully saturated rings. The Bertz CT molecular complexity index is 445. The molecule has 2 aromatic heterocycles. The summed E-state index contributed by atoms with van der Waals surface area (Å²) in [7, 11) is 3.73. The van der Waals surface area contributed by atoms with Crippen LogP contribution in [0.25, 0.3) is 11.0 Å². The number of nitrogens with one attached hydrogen (secondary N) is 1. The molecule has 2 rings (SSSR count). The molecule has 0 saturated carbocycles. The van der Waals surface area contributed by atoms with Crippen molar-refractivity contribution in [1.82, 2.24) is 20.0 Å². The normalized spacial score (nSPS) is 10.7. The highest BCUT2D eigenvalue weighted by molar-refractivity contribution is 5.90. The molecule has 0 unspecified atom stereocenters. The molecule has 0 amide bonds. The second-order valence-corrected chi connectivity index (χ2v) is 2.92. The number of aryl methyl sites for hydroxylation is 2. The maximum Gasteiger partial charge on any atom is 0.182 e. The van der Waals surface area contributed by atoms with Gasteiger partial charge in [0.25, 0.3) is 0 Å². The van der Waals surface area contributed by atoms with Crippen molar-refractivity contribution >= 4 is 16.7 Å². The summed E-state index contributed by atoms with van der Waals surface area (Å²) >= 11 is 0. The first-order valence-electron chi connectivity index (χ1n) is 4.06. The lowest BCUT2D eigenvalue weighted by atomic mass is 10.2. The van der Waals surface area contributed by atoms with Gasteiger partial charge in [0.15, 0.2) is 5.65 Å². The largest absolute Gasteiger partial charge is 0.386 e. The minimum Gasteiger partial charge on any atom is -0.386 e. The molecule has 0 saturated heterocycles. The van der Waals surface area contributed by atoms with Crippen molar-refractivity contribution in [2.45, 2.75) is 6.92 Å². The predicted octanol–water partition coefficient (Wildman–Crippen LogP) is 0.713. The monoisotopic (exact) mass is 177 g/mol. The van der Waals surface area contributed by atoms with Gasteiger partial charge >= 0.3 is 0 Å². The Kier molecular flexibility index (Phi) is 1.65. The van der Waals surface area contributed by atoms with Crippen LogP contribution in [-0.4, -0.2) is 27.0 Å². The molecule has 0 spiro atoms. The standard InChI is InChI=1S/C8H11N5/c1-5-7-6(9-2)4-10-11-8(7)13(3)12-5/h4H,1-3H3,(H,9,11). The van der Waals surface area contributed by atoms with Crippen LogP contribution in [0.2, 0.25) is 0 Å². The summed E-state index contributed by atoms with van der Waals surface area (Å²) in [5.74, 6) is 0. The van der Waals surface area contributed by atoms with Gasteiger partial charge in [-0.1, -0.05) is 0 Å². The van der Waals surface area contributed by atoms with Crippen LogP contribution in [0.15, 0.2) is 6.20 Å². The SMILES string of the molecule is CNc1cnnc2c1c(C)nn2C. The van der Waals surface area contributed by atoms with Gasteiger partial charge < -0.3 is 5.32 Å². The summed E-state index contributed by atoms with van der Waals surface area (Å²) < 4.78 is 1.73. The zero-order valence-electron chi connectivity index (χ0n) is 7.87. The van der Waals surface area contributed by atoms with Crippen LogP contribution in [0.1, 0.15) is 5.69 Å². The lowest BCUT2D eigenvalue weighted by Gasteiger charge is -1.99. The molecule has 0 aliphatic rings. The highest BCUT2D eigenvalue weighted by Crippen LogP contribution is 2.22. The average Bonchev–Trinajstić information content (AvgIpc) is 2.43. The Morgan fingerprint density at radius 2 is 2.23 bits per heavy atom. The first kappa shape index (κ1) is 7.97. The molecule has 2 heterocycles. The van der Waals surface area contributed by atoms with Crippen LogP contribution < -0.4 is 5.32 Å². The molecule has 5 heteroatoms. The summed E-state index contributed by atoms with van der Waals surface area (Å²) in [6.45, 7) is 1.96. The average molecular weight is 177 g/mol. The molecule has 0 bridgehead atoms. The van der Waals surface area contributed by atoms with Gasteiger partial charge in [0.1, 0.15) is 0 Å². The van der Waals surface area contributed by atoms with Gasteiger partial charge in [-0.3, -0.25) is 0 Å². The summed E-state index contributed by atoms with van der Waals surface area (Å²) in [6.07, 6.45) is 1.71. The number of hydrogen-bond acceptors (Lipinski definition) is 4. The lowest BCUT2D eigenvalue weighted by molar-refractivity contribution is 0.766. The Hall–Kier alpha value is -1.65. The van der Waals surface area contributed by atoms with Crippen LogP contribution >= 0.6 is 0 Å². The van der Waals surface area contributed by atoms with Crippen molar-refractivity contribution in [3.63, 3.8) is 0 Å². The molecule has 0 aromatic carbocycles. The second-order valence-electron chi connectivity index (χ2n) is 2.92. The minimum atomic E-state index is 0.810. The number of aromatic nitrogens is 4. The van der Waals surface area contributed by atoms with Crippen LogP contribution in [0, 0.1) is 6.92 Å². The molecular formula is C8H11N5. The highest BCUT2D eigenvalue weighted by Gasteiger charge is 2.09. The molecule has 1 N–H and O–H groups in total. The van der Waals surface area contributed by atoms with Gasteiger partial charge in [0, 0.05) is 14.1 Å². The van der Waals surface area contributed by atoms with E-state index in [2.05, 4.69) is 20.6 Å². The Labute approximate surface area is 75.8 Å². The van der Waals surface area contributed by atoms with Crippen LogP contribution in [-0.2, 0) is 7.05 Å². The van der Waals surface area contributed by atoms with Crippen molar-refractivity contribution in [3.05, 3.63) is 11.9 Å². The van der Waals surface area contributed by atoms with E-state index in [9.17, 15) is 0 Å². The van der Waals surface area contributed by atoms with E-state index in [0.717, 1.165) is 22.4 Å². The van der Waals surface area contributed by atoms with Crippen molar-refractivity contribution in [1.29, 1.82) is 0 Å². The fourth-order valence-corrected chi connectivity index (χ4v) is 1.47. The first-order chi connectivity index (χ1) is 6.24. The Morgan fingerprint density at radius 1 is 1.46 bits per heavy atom. The molecule has 68 valence electrons. The van der Waals surface area contributed by atoms with Crippen LogP contribution in [0.4, 0.5) is 5.69 Å². The third-order valence-corrected chi connectivity index (χ3v) is 2.07. The summed E-state index contributed by atoms with van der Waals surface area (Å²) in [5, 5.41) is 16.3. The quantitative estimate of drug-likeness (QED) is 0.697. The maximum atomic E-state index is 4.27. The van der Waals surface area contributed by atoms with Gasteiger partial charge in [0.05, 0.1) is 23.0 Å². The number of fused-ring (bicyclic) bond motifs is 1. The minimum absolute atomic E-state index is 0.810. The molecular weight excluding hydrogens is 166 g/mol. The van der Waals surface area contributed by atoms with E-state index < -0.39 is 0 Å². The number of anilines is 1. The van der Waals surface area contributed by atoms with Gasteiger partial charge in [0.2, 0.25) is 0 Å². The number of nitrogens with zero attached hydrogens (tertiary/aromatic N) is 4. The third kappa shape index (κ3) is 1.04. The van der Waals surface area contributed by atoms with E-state index >= 15 is 0 Å². The van der Waals surface area contributed by atoms with E-state index in [4.69, 9.17) is 0 Å². The molecule has 2 aromatic rings. The van der Waals surface area contributed by atoms with E-state index in [1.165, 1.54) is 0 Å². The zero-order valence-corrected chi connectivity index (χ0v) is 7.87. The van der Waals surface area contributed by atoms with Gasteiger partial charge in [-0.15, -0.1) is 5.10 Å². The van der Waals surface area contributed by atoms with Crippen molar-refractivity contribution in [2.24, 2.45) is 7.05 Å². The van der Waals surface area contributed by atoms with Gasteiger partial charge in [-0.2, -0.15) is 10.2 Å². The second kappa shape index (κ2) is 2.69. The zero-order chi connectivity index (χ0) is 9.42. The molecule has 0 atom stereocenters. The smallest absolute Gasteiger partial charge is 0.182 e. The molecule has 0 radical (unpaired) electrons. The fourth-order valence-electron chi connectivity index (χ4n) is 1.47. The maximum absolute atomic E-state index is 4.27. The molecule has 13 heavy (non-hydrogen) atoms. The van der Waals surface area contributed by atoms with Crippen molar-refractivity contribution in [3.8, 4) is 0 Å². The van der Waals surface area contributed by atoms with E-state index in [1.54, 1.807) is 10.9 Å².